The maximum atomic E-state index is 12.5. The Balaban J connectivity index is 1.75. The third-order valence-electron chi connectivity index (χ3n) is 4.84. The van der Waals surface area contributed by atoms with Crippen molar-refractivity contribution < 1.29 is 17.9 Å². The van der Waals surface area contributed by atoms with Gasteiger partial charge < -0.3 is 10.1 Å². The lowest BCUT2D eigenvalue weighted by Crippen LogP contribution is -2.27. The first-order chi connectivity index (χ1) is 10.9. The minimum atomic E-state index is -3.42. The van der Waals surface area contributed by atoms with E-state index < -0.39 is 10.0 Å². The van der Waals surface area contributed by atoms with Crippen LogP contribution in [0.2, 0.25) is 0 Å². The Hall–Kier alpha value is -1.76. The Morgan fingerprint density at radius 2 is 2.04 bits per heavy atom. The van der Waals surface area contributed by atoms with E-state index in [-0.39, 0.29) is 11.8 Å². The predicted molar refractivity (Wildman–Crippen MR) is 89.0 cm³/mol. The molecule has 2 bridgehead atoms. The molecule has 0 unspecified atom stereocenters. The van der Waals surface area contributed by atoms with Gasteiger partial charge in [-0.1, -0.05) is 6.42 Å². The molecule has 2 N–H and O–H groups in total. The number of rotatable bonds is 5. The molecule has 1 aromatic rings. The van der Waals surface area contributed by atoms with E-state index in [0.717, 1.165) is 19.1 Å². The van der Waals surface area contributed by atoms with Gasteiger partial charge in [0.25, 0.3) is 0 Å². The van der Waals surface area contributed by atoms with Crippen LogP contribution in [0.5, 0.6) is 5.75 Å². The number of anilines is 2. The van der Waals surface area contributed by atoms with E-state index in [0.29, 0.717) is 29.0 Å². The minimum absolute atomic E-state index is 0.0349. The van der Waals surface area contributed by atoms with Gasteiger partial charge in [0.15, 0.2) is 0 Å². The van der Waals surface area contributed by atoms with E-state index in [1.807, 2.05) is 0 Å². The zero-order valence-corrected chi connectivity index (χ0v) is 14.2. The number of ether oxygens (including phenoxy) is 1. The normalized spacial score (nSPS) is 26.1. The number of carbonyl (C=O) groups excluding carboxylic acids is 1. The van der Waals surface area contributed by atoms with Crippen LogP contribution in [0, 0.1) is 17.8 Å². The Kier molecular flexibility index (Phi) is 4.23. The Morgan fingerprint density at radius 1 is 1.26 bits per heavy atom. The van der Waals surface area contributed by atoms with Crippen LogP contribution in [0.3, 0.4) is 0 Å². The quantitative estimate of drug-likeness (QED) is 0.863. The molecule has 0 aromatic heterocycles. The van der Waals surface area contributed by atoms with Gasteiger partial charge >= 0.3 is 0 Å². The standard InChI is InChI=1S/C16H22N2O4S/c1-22-15-6-5-12(9-14(15)18-23(2,20)21)17-16(19)13-8-10-3-4-11(13)7-10/h5-6,9-11,13,18H,3-4,7-8H2,1-2H3,(H,17,19)/t10-,11-,13+/m0/s1. The first kappa shape index (κ1) is 16.1. The second-order valence-corrected chi connectivity index (χ2v) is 8.31. The first-order valence-electron chi connectivity index (χ1n) is 7.82. The van der Waals surface area contributed by atoms with Gasteiger partial charge in [0.1, 0.15) is 5.75 Å². The van der Waals surface area contributed by atoms with Crippen molar-refractivity contribution in [3.63, 3.8) is 0 Å². The van der Waals surface area contributed by atoms with Gasteiger partial charge in [0.05, 0.1) is 19.1 Å². The summed E-state index contributed by atoms with van der Waals surface area (Å²) in [4.78, 5) is 12.5. The largest absolute Gasteiger partial charge is 0.495 e. The summed E-state index contributed by atoms with van der Waals surface area (Å²) in [5.41, 5.74) is 0.894. The van der Waals surface area contributed by atoms with Crippen LogP contribution in [-0.4, -0.2) is 27.7 Å². The lowest BCUT2D eigenvalue weighted by Gasteiger charge is -2.21. The molecule has 2 aliphatic carbocycles. The van der Waals surface area contributed by atoms with Gasteiger partial charge in [-0.15, -0.1) is 0 Å². The summed E-state index contributed by atoms with van der Waals surface area (Å²) in [7, 11) is -1.95. The fraction of sp³-hybridized carbons (Fsp3) is 0.562. The zero-order valence-electron chi connectivity index (χ0n) is 13.3. The molecule has 6 nitrogen and oxygen atoms in total. The summed E-state index contributed by atoms with van der Waals surface area (Å²) in [5.74, 6) is 1.74. The van der Waals surface area contributed by atoms with Crippen LogP contribution in [0.15, 0.2) is 18.2 Å². The third kappa shape index (κ3) is 3.60. The number of methoxy groups -OCH3 is 1. The maximum absolute atomic E-state index is 12.5. The molecule has 23 heavy (non-hydrogen) atoms. The van der Waals surface area contributed by atoms with Crippen molar-refractivity contribution in [2.75, 3.05) is 23.4 Å². The van der Waals surface area contributed by atoms with Crippen molar-refractivity contribution in [1.29, 1.82) is 0 Å². The maximum Gasteiger partial charge on any atom is 0.229 e. The summed E-state index contributed by atoms with van der Waals surface area (Å²) in [6, 6.07) is 4.95. The van der Waals surface area contributed by atoms with Crippen molar-refractivity contribution in [1.82, 2.24) is 0 Å². The Labute approximate surface area is 136 Å². The first-order valence-corrected chi connectivity index (χ1v) is 9.71. The second-order valence-electron chi connectivity index (χ2n) is 6.56. The van der Waals surface area contributed by atoms with E-state index in [2.05, 4.69) is 10.0 Å². The lowest BCUT2D eigenvalue weighted by molar-refractivity contribution is -0.121. The van der Waals surface area contributed by atoms with E-state index in [1.54, 1.807) is 18.2 Å². The Morgan fingerprint density at radius 3 is 2.61 bits per heavy atom. The van der Waals surface area contributed by atoms with E-state index in [1.165, 1.54) is 20.0 Å². The summed E-state index contributed by atoms with van der Waals surface area (Å²) < 4.78 is 30.4. The van der Waals surface area contributed by atoms with Crippen LogP contribution in [0.4, 0.5) is 11.4 Å². The number of hydrogen-bond acceptors (Lipinski definition) is 4. The van der Waals surface area contributed by atoms with Crippen LogP contribution < -0.4 is 14.8 Å². The summed E-state index contributed by atoms with van der Waals surface area (Å²) >= 11 is 0. The number of sulfonamides is 1. The number of nitrogens with one attached hydrogen (secondary N) is 2. The van der Waals surface area contributed by atoms with Gasteiger partial charge in [-0.05, 0) is 49.3 Å². The van der Waals surface area contributed by atoms with E-state index in [4.69, 9.17) is 4.74 Å². The van der Waals surface area contributed by atoms with Gasteiger partial charge in [-0.25, -0.2) is 8.42 Å². The molecule has 3 rings (SSSR count). The highest BCUT2D eigenvalue weighted by Gasteiger charge is 2.43. The van der Waals surface area contributed by atoms with Crippen molar-refractivity contribution in [2.45, 2.75) is 25.7 Å². The molecular formula is C16H22N2O4S. The molecule has 1 aromatic carbocycles. The van der Waals surface area contributed by atoms with Crippen LogP contribution >= 0.6 is 0 Å². The number of amides is 1. The molecule has 1 amide bonds. The van der Waals surface area contributed by atoms with Crippen LogP contribution in [0.1, 0.15) is 25.7 Å². The summed E-state index contributed by atoms with van der Waals surface area (Å²) in [6.45, 7) is 0. The highest BCUT2D eigenvalue weighted by molar-refractivity contribution is 7.92. The number of carbonyl (C=O) groups is 1. The lowest BCUT2D eigenvalue weighted by atomic mass is 9.88. The van der Waals surface area contributed by atoms with Crippen molar-refractivity contribution >= 4 is 27.3 Å². The molecule has 0 heterocycles. The van der Waals surface area contributed by atoms with Crippen molar-refractivity contribution in [2.24, 2.45) is 17.8 Å². The molecule has 126 valence electrons. The average molecular weight is 338 g/mol. The molecule has 2 aliphatic rings. The molecular weight excluding hydrogens is 316 g/mol. The minimum Gasteiger partial charge on any atom is -0.495 e. The van der Waals surface area contributed by atoms with Crippen LogP contribution in [0.25, 0.3) is 0 Å². The molecule has 2 saturated carbocycles. The van der Waals surface area contributed by atoms with Gasteiger partial charge in [-0.3, -0.25) is 9.52 Å². The number of benzene rings is 1. The monoisotopic (exact) mass is 338 g/mol. The number of hydrogen-bond donors (Lipinski definition) is 2. The smallest absolute Gasteiger partial charge is 0.229 e. The third-order valence-corrected chi connectivity index (χ3v) is 5.43. The average Bonchev–Trinajstić information content (AvgIpc) is 3.08. The molecule has 3 atom stereocenters. The molecule has 2 fully saturated rings. The topological polar surface area (TPSA) is 84.5 Å². The highest BCUT2D eigenvalue weighted by Crippen LogP contribution is 2.48. The van der Waals surface area contributed by atoms with Crippen molar-refractivity contribution in [3.8, 4) is 5.75 Å². The molecule has 0 saturated heterocycles. The summed E-state index contributed by atoms with van der Waals surface area (Å²) in [6.07, 6.45) is 5.61. The number of fused-ring (bicyclic) bond motifs is 2. The van der Waals surface area contributed by atoms with Crippen molar-refractivity contribution in [3.05, 3.63) is 18.2 Å². The summed E-state index contributed by atoms with van der Waals surface area (Å²) in [5, 5.41) is 2.92. The van der Waals surface area contributed by atoms with E-state index >= 15 is 0 Å². The van der Waals surface area contributed by atoms with Gasteiger partial charge in [0.2, 0.25) is 15.9 Å². The predicted octanol–water partition coefficient (Wildman–Crippen LogP) is 2.44. The highest BCUT2D eigenvalue weighted by atomic mass is 32.2. The molecule has 0 radical (unpaired) electrons. The molecule has 0 aliphatic heterocycles. The van der Waals surface area contributed by atoms with Gasteiger partial charge in [0, 0.05) is 11.6 Å². The van der Waals surface area contributed by atoms with Gasteiger partial charge in [-0.2, -0.15) is 0 Å². The zero-order chi connectivity index (χ0) is 16.6. The SMILES string of the molecule is COc1ccc(NC(=O)[C@@H]2C[C@H]3CC[C@H]2C3)cc1NS(C)(=O)=O. The van der Waals surface area contributed by atoms with Crippen LogP contribution in [-0.2, 0) is 14.8 Å². The second kappa shape index (κ2) is 6.03. The fourth-order valence-electron chi connectivity index (χ4n) is 3.87. The fourth-order valence-corrected chi connectivity index (χ4v) is 4.43. The Bertz CT molecular complexity index is 717. The van der Waals surface area contributed by atoms with E-state index in [9.17, 15) is 13.2 Å². The molecule has 7 heteroatoms. The molecule has 0 spiro atoms.